The first-order chi connectivity index (χ1) is 10.6. The molecule has 0 unspecified atom stereocenters. The van der Waals surface area contributed by atoms with Gasteiger partial charge in [-0.1, -0.05) is 22.0 Å². The molecule has 1 aromatic carbocycles. The highest BCUT2D eigenvalue weighted by Crippen LogP contribution is 2.27. The summed E-state index contributed by atoms with van der Waals surface area (Å²) in [4.78, 5) is 11.7. The summed E-state index contributed by atoms with van der Waals surface area (Å²) in [6, 6.07) is 6.17. The Balaban J connectivity index is 1.76. The number of aromatic nitrogens is 3. The van der Waals surface area contributed by atoms with E-state index in [1.807, 2.05) is 19.9 Å². The summed E-state index contributed by atoms with van der Waals surface area (Å²) in [5.41, 5.74) is 10.1. The standard InChI is InChI=1S/C16H18BrN5/c1-9-10(2)21-16(18)22-15(9)19-7-6-11-8-20-13-5-3-4-12(17)14(11)13/h3-5,8,20H,6-7H2,1-2H3,(H3,18,19,21,22). The molecule has 0 radical (unpaired) electrons. The molecule has 3 aromatic rings. The summed E-state index contributed by atoms with van der Waals surface area (Å²) in [5.74, 6) is 1.12. The summed E-state index contributed by atoms with van der Waals surface area (Å²) in [7, 11) is 0. The number of nitrogens with one attached hydrogen (secondary N) is 2. The van der Waals surface area contributed by atoms with E-state index in [9.17, 15) is 0 Å². The molecule has 22 heavy (non-hydrogen) atoms. The Morgan fingerprint density at radius 1 is 1.27 bits per heavy atom. The van der Waals surface area contributed by atoms with Gasteiger partial charge in [0.15, 0.2) is 0 Å². The van der Waals surface area contributed by atoms with Crippen LogP contribution in [0.4, 0.5) is 11.8 Å². The van der Waals surface area contributed by atoms with Crippen LogP contribution in [0.15, 0.2) is 28.9 Å². The highest BCUT2D eigenvalue weighted by Gasteiger charge is 2.09. The van der Waals surface area contributed by atoms with Crippen LogP contribution in [0.25, 0.3) is 10.9 Å². The molecule has 6 heteroatoms. The van der Waals surface area contributed by atoms with Gasteiger partial charge < -0.3 is 16.0 Å². The van der Waals surface area contributed by atoms with E-state index in [4.69, 9.17) is 5.73 Å². The van der Waals surface area contributed by atoms with Crippen molar-refractivity contribution in [2.45, 2.75) is 20.3 Å². The quantitative estimate of drug-likeness (QED) is 0.665. The largest absolute Gasteiger partial charge is 0.369 e. The average molecular weight is 360 g/mol. The molecule has 0 aliphatic rings. The molecule has 0 aliphatic heterocycles. The second-order valence-electron chi connectivity index (χ2n) is 5.29. The Kier molecular flexibility index (Phi) is 4.02. The Bertz CT molecular complexity index is 825. The number of fused-ring (bicyclic) bond motifs is 1. The van der Waals surface area contributed by atoms with Gasteiger partial charge in [0.2, 0.25) is 5.95 Å². The van der Waals surface area contributed by atoms with Crippen LogP contribution in [0.3, 0.4) is 0 Å². The summed E-state index contributed by atoms with van der Waals surface area (Å²) in [6.07, 6.45) is 2.95. The molecule has 0 aliphatic carbocycles. The summed E-state index contributed by atoms with van der Waals surface area (Å²) in [6.45, 7) is 4.72. The molecule has 0 atom stereocenters. The van der Waals surface area contributed by atoms with Gasteiger partial charge in [-0.3, -0.25) is 0 Å². The Morgan fingerprint density at radius 2 is 2.09 bits per heavy atom. The van der Waals surface area contributed by atoms with E-state index < -0.39 is 0 Å². The number of nitrogen functional groups attached to an aromatic ring is 1. The van der Waals surface area contributed by atoms with E-state index in [1.165, 1.54) is 10.9 Å². The van der Waals surface area contributed by atoms with Crippen molar-refractivity contribution < 1.29 is 0 Å². The third-order valence-electron chi connectivity index (χ3n) is 3.83. The number of benzene rings is 1. The zero-order chi connectivity index (χ0) is 15.7. The predicted octanol–water partition coefficient (Wildman–Crippen LogP) is 3.57. The number of anilines is 2. The van der Waals surface area contributed by atoms with Crippen molar-refractivity contribution >= 4 is 38.6 Å². The van der Waals surface area contributed by atoms with Gasteiger partial charge in [0.25, 0.3) is 0 Å². The van der Waals surface area contributed by atoms with E-state index in [-0.39, 0.29) is 0 Å². The minimum Gasteiger partial charge on any atom is -0.369 e. The second kappa shape index (κ2) is 5.96. The lowest BCUT2D eigenvalue weighted by atomic mass is 10.1. The van der Waals surface area contributed by atoms with Crippen LogP contribution in [0.5, 0.6) is 0 Å². The maximum absolute atomic E-state index is 5.72. The third kappa shape index (κ3) is 2.78. The van der Waals surface area contributed by atoms with Crippen molar-refractivity contribution in [3.8, 4) is 0 Å². The smallest absolute Gasteiger partial charge is 0.222 e. The maximum atomic E-state index is 5.72. The van der Waals surface area contributed by atoms with Gasteiger partial charge >= 0.3 is 0 Å². The monoisotopic (exact) mass is 359 g/mol. The molecule has 114 valence electrons. The molecule has 0 saturated carbocycles. The fourth-order valence-electron chi connectivity index (χ4n) is 2.54. The minimum absolute atomic E-state index is 0.306. The number of rotatable bonds is 4. The molecule has 2 aromatic heterocycles. The molecule has 0 spiro atoms. The van der Waals surface area contributed by atoms with Crippen molar-refractivity contribution in [3.63, 3.8) is 0 Å². The van der Waals surface area contributed by atoms with Gasteiger partial charge in [-0.05, 0) is 38.0 Å². The molecule has 2 heterocycles. The lowest BCUT2D eigenvalue weighted by molar-refractivity contribution is 0.990. The first kappa shape index (κ1) is 14.8. The van der Waals surface area contributed by atoms with Gasteiger partial charge in [0, 0.05) is 39.4 Å². The summed E-state index contributed by atoms with van der Waals surface area (Å²) < 4.78 is 1.11. The first-order valence-electron chi connectivity index (χ1n) is 7.15. The minimum atomic E-state index is 0.306. The second-order valence-corrected chi connectivity index (χ2v) is 6.15. The molecule has 0 fully saturated rings. The highest BCUT2D eigenvalue weighted by molar-refractivity contribution is 9.10. The Labute approximate surface area is 137 Å². The van der Waals surface area contributed by atoms with Crippen LogP contribution in [-0.4, -0.2) is 21.5 Å². The summed E-state index contributed by atoms with van der Waals surface area (Å²) in [5, 5.41) is 4.59. The number of nitrogens with zero attached hydrogens (tertiary/aromatic N) is 2. The topological polar surface area (TPSA) is 79.6 Å². The van der Waals surface area contributed by atoms with Gasteiger partial charge in [-0.25, -0.2) is 4.98 Å². The first-order valence-corrected chi connectivity index (χ1v) is 7.94. The van der Waals surface area contributed by atoms with Crippen molar-refractivity contribution in [2.75, 3.05) is 17.6 Å². The van der Waals surface area contributed by atoms with E-state index >= 15 is 0 Å². The number of nitrogens with two attached hydrogens (primary N) is 1. The molecule has 4 N–H and O–H groups in total. The van der Waals surface area contributed by atoms with Gasteiger partial charge in [-0.2, -0.15) is 4.98 Å². The van der Waals surface area contributed by atoms with E-state index in [2.05, 4.69) is 54.5 Å². The van der Waals surface area contributed by atoms with Crippen molar-refractivity contribution in [2.24, 2.45) is 0 Å². The van der Waals surface area contributed by atoms with Crippen LogP contribution >= 0.6 is 15.9 Å². The van der Waals surface area contributed by atoms with Crippen LogP contribution in [0.2, 0.25) is 0 Å². The van der Waals surface area contributed by atoms with E-state index in [0.29, 0.717) is 5.95 Å². The van der Waals surface area contributed by atoms with Crippen LogP contribution in [0, 0.1) is 13.8 Å². The highest BCUT2D eigenvalue weighted by atomic mass is 79.9. The Hall–Kier alpha value is -2.08. The van der Waals surface area contributed by atoms with E-state index in [0.717, 1.165) is 40.0 Å². The molecular weight excluding hydrogens is 342 g/mol. The van der Waals surface area contributed by atoms with Gasteiger partial charge in [-0.15, -0.1) is 0 Å². The third-order valence-corrected chi connectivity index (χ3v) is 4.49. The van der Waals surface area contributed by atoms with E-state index in [1.54, 1.807) is 0 Å². The van der Waals surface area contributed by atoms with Gasteiger partial charge in [0.05, 0.1) is 0 Å². The normalized spacial score (nSPS) is 11.0. The number of aryl methyl sites for hydroxylation is 1. The van der Waals surface area contributed by atoms with Gasteiger partial charge in [0.1, 0.15) is 5.82 Å². The predicted molar refractivity (Wildman–Crippen MR) is 94.1 cm³/mol. The molecule has 3 rings (SSSR count). The lowest BCUT2D eigenvalue weighted by Crippen LogP contribution is -2.10. The van der Waals surface area contributed by atoms with Crippen molar-refractivity contribution in [3.05, 3.63) is 45.7 Å². The average Bonchev–Trinajstić information content (AvgIpc) is 2.89. The zero-order valence-corrected chi connectivity index (χ0v) is 14.2. The van der Waals surface area contributed by atoms with Crippen LogP contribution in [-0.2, 0) is 6.42 Å². The maximum Gasteiger partial charge on any atom is 0.222 e. The number of hydrogen-bond donors (Lipinski definition) is 3. The van der Waals surface area contributed by atoms with Crippen molar-refractivity contribution in [1.82, 2.24) is 15.0 Å². The number of H-pyrrole nitrogens is 1. The van der Waals surface area contributed by atoms with Crippen molar-refractivity contribution in [1.29, 1.82) is 0 Å². The lowest BCUT2D eigenvalue weighted by Gasteiger charge is -2.10. The number of hydrogen-bond acceptors (Lipinski definition) is 4. The number of aromatic amines is 1. The molecule has 0 bridgehead atoms. The molecule has 0 saturated heterocycles. The molecular formula is C16H18BrN5. The zero-order valence-electron chi connectivity index (χ0n) is 12.6. The Morgan fingerprint density at radius 3 is 2.91 bits per heavy atom. The fraction of sp³-hybridized carbons (Fsp3) is 0.250. The molecule has 5 nitrogen and oxygen atoms in total. The van der Waals surface area contributed by atoms with Crippen LogP contribution in [0.1, 0.15) is 16.8 Å². The van der Waals surface area contributed by atoms with Crippen LogP contribution < -0.4 is 11.1 Å². The fourth-order valence-corrected chi connectivity index (χ4v) is 3.16. The molecule has 0 amide bonds. The summed E-state index contributed by atoms with van der Waals surface area (Å²) >= 11 is 3.62. The number of halogens is 1. The SMILES string of the molecule is Cc1nc(N)nc(NCCc2c[nH]c3cccc(Br)c23)c1C.